The normalized spacial score (nSPS) is 14.4. The highest BCUT2D eigenvalue weighted by Gasteiger charge is 2.16. The van der Waals surface area contributed by atoms with E-state index < -0.39 is 16.4 Å². The van der Waals surface area contributed by atoms with Gasteiger partial charge in [-0.25, -0.2) is 9.77 Å². The molecule has 1 aromatic rings. The van der Waals surface area contributed by atoms with E-state index in [1.54, 1.807) is 0 Å². The third-order valence-corrected chi connectivity index (χ3v) is 2.29. The summed E-state index contributed by atoms with van der Waals surface area (Å²) in [7, 11) is -4.03. The van der Waals surface area contributed by atoms with Gasteiger partial charge in [-0.1, -0.05) is 5.16 Å². The summed E-state index contributed by atoms with van der Waals surface area (Å²) >= 11 is 0. The molecular weight excluding hydrogens is 268 g/mol. The van der Waals surface area contributed by atoms with Crippen LogP contribution >= 0.6 is 0 Å². The lowest BCUT2D eigenvalue weighted by atomic mass is 10.3. The third kappa shape index (κ3) is 4.15. The van der Waals surface area contributed by atoms with E-state index >= 15 is 0 Å². The van der Waals surface area contributed by atoms with E-state index in [0.717, 1.165) is 0 Å². The van der Waals surface area contributed by atoms with Gasteiger partial charge in [0.2, 0.25) is 5.82 Å². The van der Waals surface area contributed by atoms with Gasteiger partial charge in [0.25, 0.3) is 0 Å². The highest BCUT2D eigenvalue weighted by molar-refractivity contribution is 7.84. The maximum Gasteiger partial charge on any atom is 0.333 e. The second kappa shape index (κ2) is 5.61. The molecule has 12 heteroatoms. The Kier molecular flexibility index (Phi) is 4.41. The minimum absolute atomic E-state index is 0.0136. The van der Waals surface area contributed by atoms with Gasteiger partial charge in [-0.15, -0.1) is 0 Å². The molecule has 1 aromatic heterocycles. The molecule has 1 heterocycles. The summed E-state index contributed by atoms with van der Waals surface area (Å²) in [4.78, 5) is 0. The van der Waals surface area contributed by atoms with Crippen molar-refractivity contribution in [3.05, 3.63) is 5.69 Å². The van der Waals surface area contributed by atoms with Gasteiger partial charge in [0, 0.05) is 6.54 Å². The third-order valence-electron chi connectivity index (χ3n) is 1.69. The largest absolute Gasteiger partial charge is 0.409 e. The zero-order valence-electron chi connectivity index (χ0n) is 9.27. The van der Waals surface area contributed by atoms with Crippen LogP contribution in [0, 0.1) is 0 Å². The molecule has 0 aliphatic heterocycles. The first kappa shape index (κ1) is 14.1. The summed E-state index contributed by atoms with van der Waals surface area (Å²) in [6, 6.07) is 0. The maximum absolute atomic E-state index is 10.6. The Balaban J connectivity index is 2.62. The molecular formula is C6H12N6O5S. The quantitative estimate of drug-likeness (QED) is 0.202. The minimum atomic E-state index is -4.03. The fourth-order valence-corrected chi connectivity index (χ4v) is 1.55. The standard InChI is InChI=1S/C6H12N6O5S/c1-3(16-18(8,14)15)2-9-6-4(5(7)10-13)11-17-12-6/h3,13H,2H2,1H3,(H2,7,10)(H,9,12)(H2,8,14,15)/t3-/m0/s1. The molecule has 0 amide bonds. The van der Waals surface area contributed by atoms with Crippen molar-refractivity contribution in [1.29, 1.82) is 0 Å². The second-order valence-electron chi connectivity index (χ2n) is 3.23. The Morgan fingerprint density at radius 1 is 1.67 bits per heavy atom. The van der Waals surface area contributed by atoms with Gasteiger partial charge in [0.1, 0.15) is 0 Å². The van der Waals surface area contributed by atoms with Crippen molar-refractivity contribution in [3.8, 4) is 0 Å². The van der Waals surface area contributed by atoms with Gasteiger partial charge in [-0.2, -0.15) is 8.42 Å². The van der Waals surface area contributed by atoms with Crippen molar-refractivity contribution < 1.29 is 22.4 Å². The summed E-state index contributed by atoms with van der Waals surface area (Å²) < 4.78 is 30.1. The molecule has 0 radical (unpaired) electrons. The predicted octanol–water partition coefficient (Wildman–Crippen LogP) is -1.82. The van der Waals surface area contributed by atoms with Crippen LogP contribution in [0.5, 0.6) is 0 Å². The number of nitrogens with zero attached hydrogens (tertiary/aromatic N) is 3. The lowest BCUT2D eigenvalue weighted by Gasteiger charge is -2.10. The topological polar surface area (TPSA) is 179 Å². The number of aromatic nitrogens is 2. The van der Waals surface area contributed by atoms with Crippen LogP contribution in [0.4, 0.5) is 5.82 Å². The van der Waals surface area contributed by atoms with E-state index in [0.29, 0.717) is 0 Å². The molecule has 1 rings (SSSR count). The molecule has 0 spiro atoms. The molecule has 0 aromatic carbocycles. The number of oxime groups is 1. The van der Waals surface area contributed by atoms with E-state index in [2.05, 4.69) is 34.7 Å². The maximum atomic E-state index is 10.6. The van der Waals surface area contributed by atoms with E-state index in [9.17, 15) is 8.42 Å². The first-order chi connectivity index (χ1) is 8.33. The fourth-order valence-electron chi connectivity index (χ4n) is 1.02. The van der Waals surface area contributed by atoms with Gasteiger partial charge in [-0.3, -0.25) is 4.18 Å². The number of anilines is 1. The van der Waals surface area contributed by atoms with E-state index in [1.165, 1.54) is 6.92 Å². The number of hydrogen-bond donors (Lipinski definition) is 4. The Morgan fingerprint density at radius 2 is 2.33 bits per heavy atom. The van der Waals surface area contributed by atoms with E-state index in [1.807, 2.05) is 0 Å². The van der Waals surface area contributed by atoms with Gasteiger partial charge < -0.3 is 16.3 Å². The van der Waals surface area contributed by atoms with Crippen LogP contribution in [0.15, 0.2) is 9.78 Å². The number of hydrogen-bond acceptors (Lipinski definition) is 9. The Hall–Kier alpha value is -1.92. The number of nitrogens with two attached hydrogens (primary N) is 2. The Morgan fingerprint density at radius 3 is 2.89 bits per heavy atom. The molecule has 18 heavy (non-hydrogen) atoms. The van der Waals surface area contributed by atoms with Gasteiger partial charge >= 0.3 is 10.3 Å². The van der Waals surface area contributed by atoms with E-state index in [-0.39, 0.29) is 23.9 Å². The molecule has 0 aliphatic rings. The number of amidine groups is 1. The summed E-state index contributed by atoms with van der Waals surface area (Å²) in [6.07, 6.45) is -0.753. The highest BCUT2D eigenvalue weighted by Crippen LogP contribution is 2.09. The Bertz CT molecular complexity index is 524. The van der Waals surface area contributed by atoms with Gasteiger partial charge in [0.05, 0.1) is 6.10 Å². The SMILES string of the molecule is C[C@@H](CNc1nonc1/C(N)=N/O)OS(N)(=O)=O. The lowest BCUT2D eigenvalue weighted by Crippen LogP contribution is -2.28. The lowest BCUT2D eigenvalue weighted by molar-refractivity contribution is 0.241. The zero-order chi connectivity index (χ0) is 13.8. The van der Waals surface area contributed by atoms with Crippen LogP contribution in [0.1, 0.15) is 12.6 Å². The highest BCUT2D eigenvalue weighted by atomic mass is 32.2. The van der Waals surface area contributed by atoms with Crippen molar-refractivity contribution in [2.75, 3.05) is 11.9 Å². The average Bonchev–Trinajstić information content (AvgIpc) is 2.71. The van der Waals surface area contributed by atoms with Crippen molar-refractivity contribution in [2.24, 2.45) is 16.0 Å². The molecule has 0 unspecified atom stereocenters. The molecule has 0 fully saturated rings. The van der Waals surface area contributed by atoms with Crippen molar-refractivity contribution in [2.45, 2.75) is 13.0 Å². The van der Waals surface area contributed by atoms with Gasteiger partial charge in [-0.05, 0) is 17.2 Å². The van der Waals surface area contributed by atoms with Crippen LogP contribution in [0.25, 0.3) is 0 Å². The van der Waals surface area contributed by atoms with Gasteiger partial charge in [0.15, 0.2) is 11.5 Å². The summed E-state index contributed by atoms with van der Waals surface area (Å²) in [5.74, 6) is -0.228. The van der Waals surface area contributed by atoms with Crippen LogP contribution in [0.2, 0.25) is 0 Å². The minimum Gasteiger partial charge on any atom is -0.409 e. The number of nitrogens with one attached hydrogen (secondary N) is 1. The molecule has 0 saturated carbocycles. The van der Waals surface area contributed by atoms with Crippen LogP contribution in [-0.2, 0) is 14.5 Å². The molecule has 6 N–H and O–H groups in total. The monoisotopic (exact) mass is 280 g/mol. The fraction of sp³-hybridized carbons (Fsp3) is 0.500. The van der Waals surface area contributed by atoms with Crippen molar-refractivity contribution in [1.82, 2.24) is 10.3 Å². The van der Waals surface area contributed by atoms with Crippen LogP contribution in [-0.4, -0.2) is 42.4 Å². The molecule has 0 bridgehead atoms. The van der Waals surface area contributed by atoms with E-state index in [4.69, 9.17) is 10.9 Å². The first-order valence-electron chi connectivity index (χ1n) is 4.59. The zero-order valence-corrected chi connectivity index (χ0v) is 10.1. The predicted molar refractivity (Wildman–Crippen MR) is 59.0 cm³/mol. The second-order valence-corrected chi connectivity index (χ2v) is 4.41. The molecule has 11 nitrogen and oxygen atoms in total. The molecule has 0 aliphatic carbocycles. The molecule has 102 valence electrons. The van der Waals surface area contributed by atoms with Crippen LogP contribution < -0.4 is 16.2 Å². The smallest absolute Gasteiger partial charge is 0.333 e. The van der Waals surface area contributed by atoms with Crippen molar-refractivity contribution >= 4 is 22.0 Å². The first-order valence-corrected chi connectivity index (χ1v) is 6.06. The molecule has 1 atom stereocenters. The van der Waals surface area contributed by atoms with Crippen molar-refractivity contribution in [3.63, 3.8) is 0 Å². The summed E-state index contributed by atoms with van der Waals surface area (Å²) in [5.41, 5.74) is 5.28. The number of rotatable bonds is 6. The van der Waals surface area contributed by atoms with Crippen LogP contribution in [0.3, 0.4) is 0 Å². The Labute approximate surface area is 102 Å². The average molecular weight is 280 g/mol. The summed E-state index contributed by atoms with van der Waals surface area (Å²) in [5, 5.41) is 25.4. The summed E-state index contributed by atoms with van der Waals surface area (Å²) in [6.45, 7) is 1.50. The molecule has 0 saturated heterocycles.